The SMILES string of the molecule is CCOC(CNNC(N)=S)OCC. The molecule has 0 spiro atoms. The molecule has 0 aliphatic carbocycles. The van der Waals surface area contributed by atoms with E-state index in [0.717, 1.165) is 0 Å². The molecule has 0 aliphatic heterocycles. The quantitative estimate of drug-likeness (QED) is 0.303. The van der Waals surface area contributed by atoms with E-state index < -0.39 is 0 Å². The number of nitrogens with one attached hydrogen (secondary N) is 2. The van der Waals surface area contributed by atoms with E-state index in [0.29, 0.717) is 19.8 Å². The lowest BCUT2D eigenvalue weighted by Crippen LogP contribution is -2.45. The Kier molecular flexibility index (Phi) is 7.91. The number of thiocarbonyl (C=S) groups is 1. The maximum atomic E-state index is 5.26. The van der Waals surface area contributed by atoms with Crippen molar-refractivity contribution in [2.24, 2.45) is 5.73 Å². The Morgan fingerprint density at radius 1 is 1.38 bits per heavy atom. The van der Waals surface area contributed by atoms with Gasteiger partial charge in [0.2, 0.25) is 0 Å². The summed E-state index contributed by atoms with van der Waals surface area (Å²) in [5, 5.41) is 0.201. The van der Waals surface area contributed by atoms with Gasteiger partial charge >= 0.3 is 0 Å². The number of hydrogen-bond donors (Lipinski definition) is 3. The van der Waals surface area contributed by atoms with E-state index in [4.69, 9.17) is 15.2 Å². The van der Waals surface area contributed by atoms with Crippen molar-refractivity contribution in [2.45, 2.75) is 20.1 Å². The average Bonchev–Trinajstić information content (AvgIpc) is 2.04. The molecule has 0 bridgehead atoms. The second kappa shape index (κ2) is 8.18. The Morgan fingerprint density at radius 2 is 1.92 bits per heavy atom. The van der Waals surface area contributed by atoms with Crippen LogP contribution in [-0.2, 0) is 9.47 Å². The molecule has 0 unspecified atom stereocenters. The molecule has 0 atom stereocenters. The van der Waals surface area contributed by atoms with E-state index in [2.05, 4.69) is 23.1 Å². The first-order chi connectivity index (χ1) is 6.20. The molecule has 0 heterocycles. The van der Waals surface area contributed by atoms with Crippen LogP contribution in [0.1, 0.15) is 13.8 Å². The van der Waals surface area contributed by atoms with Gasteiger partial charge in [0.1, 0.15) is 0 Å². The Hall–Kier alpha value is -0.430. The van der Waals surface area contributed by atoms with Crippen LogP contribution in [0, 0.1) is 0 Å². The lowest BCUT2D eigenvalue weighted by atomic mass is 10.6. The minimum Gasteiger partial charge on any atom is -0.375 e. The highest BCUT2D eigenvalue weighted by molar-refractivity contribution is 7.80. The van der Waals surface area contributed by atoms with E-state index in [1.807, 2.05) is 13.8 Å². The Labute approximate surface area is 83.9 Å². The second-order valence-corrected chi connectivity index (χ2v) is 2.65. The zero-order valence-corrected chi connectivity index (χ0v) is 8.82. The Bertz CT molecular complexity index is 140. The molecule has 0 rings (SSSR count). The number of rotatable bonds is 7. The molecule has 4 N–H and O–H groups in total. The average molecular weight is 207 g/mol. The first-order valence-electron chi connectivity index (χ1n) is 4.22. The molecule has 0 aliphatic rings. The summed E-state index contributed by atoms with van der Waals surface area (Å²) in [7, 11) is 0. The summed E-state index contributed by atoms with van der Waals surface area (Å²) in [6, 6.07) is 0. The summed E-state index contributed by atoms with van der Waals surface area (Å²) in [4.78, 5) is 0. The molecule has 0 aromatic carbocycles. The molecule has 0 amide bonds. The van der Waals surface area contributed by atoms with Crippen LogP contribution < -0.4 is 16.6 Å². The van der Waals surface area contributed by atoms with Crippen molar-refractivity contribution < 1.29 is 9.47 Å². The van der Waals surface area contributed by atoms with Gasteiger partial charge in [0, 0.05) is 13.2 Å². The van der Waals surface area contributed by atoms with E-state index in [1.165, 1.54) is 0 Å². The maximum Gasteiger partial charge on any atom is 0.178 e. The van der Waals surface area contributed by atoms with Gasteiger partial charge in [0.25, 0.3) is 0 Å². The Balaban J connectivity index is 3.49. The number of nitrogens with two attached hydrogens (primary N) is 1. The van der Waals surface area contributed by atoms with Crippen molar-refractivity contribution in [2.75, 3.05) is 19.8 Å². The fourth-order valence-electron chi connectivity index (χ4n) is 0.759. The van der Waals surface area contributed by atoms with E-state index in [1.54, 1.807) is 0 Å². The van der Waals surface area contributed by atoms with Crippen LogP contribution in [0.3, 0.4) is 0 Å². The summed E-state index contributed by atoms with van der Waals surface area (Å²) in [5.41, 5.74) is 10.6. The van der Waals surface area contributed by atoms with Crippen LogP contribution in [0.25, 0.3) is 0 Å². The van der Waals surface area contributed by atoms with E-state index in [9.17, 15) is 0 Å². The van der Waals surface area contributed by atoms with Crippen LogP contribution >= 0.6 is 12.2 Å². The third kappa shape index (κ3) is 7.92. The highest BCUT2D eigenvalue weighted by Gasteiger charge is 2.06. The third-order valence-corrected chi connectivity index (χ3v) is 1.29. The fourth-order valence-corrected chi connectivity index (χ4v) is 0.831. The van der Waals surface area contributed by atoms with Gasteiger partial charge in [-0.3, -0.25) is 5.43 Å². The largest absolute Gasteiger partial charge is 0.375 e. The fraction of sp³-hybridized carbons (Fsp3) is 0.857. The molecule has 78 valence electrons. The first kappa shape index (κ1) is 12.6. The minimum absolute atomic E-state index is 0.201. The molecular weight excluding hydrogens is 190 g/mol. The van der Waals surface area contributed by atoms with Crippen LogP contribution in [-0.4, -0.2) is 31.2 Å². The lowest BCUT2D eigenvalue weighted by Gasteiger charge is -2.17. The molecule has 13 heavy (non-hydrogen) atoms. The topological polar surface area (TPSA) is 68.5 Å². The van der Waals surface area contributed by atoms with Gasteiger partial charge in [-0.25, -0.2) is 5.43 Å². The number of hydrazine groups is 1. The van der Waals surface area contributed by atoms with Crippen molar-refractivity contribution in [1.82, 2.24) is 10.9 Å². The van der Waals surface area contributed by atoms with Gasteiger partial charge in [0.15, 0.2) is 11.4 Å². The van der Waals surface area contributed by atoms with Crippen LogP contribution in [0.15, 0.2) is 0 Å². The minimum atomic E-state index is -0.267. The van der Waals surface area contributed by atoms with Crippen molar-refractivity contribution >= 4 is 17.3 Å². The maximum absolute atomic E-state index is 5.26. The zero-order chi connectivity index (χ0) is 10.1. The third-order valence-electron chi connectivity index (χ3n) is 1.19. The highest BCUT2D eigenvalue weighted by atomic mass is 32.1. The monoisotopic (exact) mass is 207 g/mol. The van der Waals surface area contributed by atoms with Crippen LogP contribution in [0.4, 0.5) is 0 Å². The van der Waals surface area contributed by atoms with Crippen molar-refractivity contribution in [3.05, 3.63) is 0 Å². The molecule has 0 saturated heterocycles. The summed E-state index contributed by atoms with van der Waals surface area (Å²) in [6.45, 7) is 5.54. The summed E-state index contributed by atoms with van der Waals surface area (Å²) < 4.78 is 10.5. The van der Waals surface area contributed by atoms with E-state index >= 15 is 0 Å². The first-order valence-corrected chi connectivity index (χ1v) is 4.63. The smallest absolute Gasteiger partial charge is 0.178 e. The van der Waals surface area contributed by atoms with Crippen molar-refractivity contribution in [3.8, 4) is 0 Å². The molecule has 5 nitrogen and oxygen atoms in total. The summed E-state index contributed by atoms with van der Waals surface area (Å²) in [5.74, 6) is 0. The molecule has 0 radical (unpaired) electrons. The normalized spacial score (nSPS) is 10.4. The molecule has 0 aromatic heterocycles. The molecular formula is C7H17N3O2S. The lowest BCUT2D eigenvalue weighted by molar-refractivity contribution is -0.133. The van der Waals surface area contributed by atoms with Gasteiger partial charge in [-0.1, -0.05) is 0 Å². The molecule has 0 fully saturated rings. The highest BCUT2D eigenvalue weighted by Crippen LogP contribution is 1.91. The van der Waals surface area contributed by atoms with Gasteiger partial charge in [-0.05, 0) is 26.1 Å². The van der Waals surface area contributed by atoms with Crippen LogP contribution in [0.2, 0.25) is 0 Å². The molecule has 6 heteroatoms. The second-order valence-electron chi connectivity index (χ2n) is 2.21. The van der Waals surface area contributed by atoms with Gasteiger partial charge < -0.3 is 15.2 Å². The van der Waals surface area contributed by atoms with Crippen molar-refractivity contribution in [1.29, 1.82) is 0 Å². The summed E-state index contributed by atoms with van der Waals surface area (Å²) in [6.07, 6.45) is -0.267. The predicted molar refractivity (Wildman–Crippen MR) is 55.0 cm³/mol. The van der Waals surface area contributed by atoms with E-state index in [-0.39, 0.29) is 11.4 Å². The number of ether oxygens (including phenoxy) is 2. The Morgan fingerprint density at radius 3 is 2.31 bits per heavy atom. The zero-order valence-electron chi connectivity index (χ0n) is 8.00. The van der Waals surface area contributed by atoms with Gasteiger partial charge in [-0.2, -0.15) is 0 Å². The van der Waals surface area contributed by atoms with Crippen LogP contribution in [0.5, 0.6) is 0 Å². The van der Waals surface area contributed by atoms with Crippen molar-refractivity contribution in [3.63, 3.8) is 0 Å². The van der Waals surface area contributed by atoms with Gasteiger partial charge in [-0.15, -0.1) is 0 Å². The molecule has 0 aromatic rings. The summed E-state index contributed by atoms with van der Waals surface area (Å²) >= 11 is 4.60. The predicted octanol–water partition coefficient (Wildman–Crippen LogP) is -0.277. The standard InChI is InChI=1S/C7H17N3O2S/c1-3-11-6(12-4-2)5-9-10-7(8)13/h6,9H,3-5H2,1-2H3,(H3,8,10,13). The van der Waals surface area contributed by atoms with Gasteiger partial charge in [0.05, 0.1) is 6.54 Å². The molecule has 0 saturated carbocycles. The number of hydrogen-bond acceptors (Lipinski definition) is 4.